The van der Waals surface area contributed by atoms with Gasteiger partial charge in [0.2, 0.25) is 5.91 Å². The Labute approximate surface area is 235 Å². The van der Waals surface area contributed by atoms with Crippen molar-refractivity contribution in [2.75, 3.05) is 29.9 Å². The highest BCUT2D eigenvalue weighted by Gasteiger charge is 2.66. The molecule has 2 amide bonds. The van der Waals surface area contributed by atoms with E-state index in [0.717, 1.165) is 36.3 Å². The lowest BCUT2D eigenvalue weighted by atomic mass is 9.82. The van der Waals surface area contributed by atoms with Gasteiger partial charge >= 0.3 is 0 Å². The zero-order chi connectivity index (χ0) is 27.9. The van der Waals surface area contributed by atoms with Gasteiger partial charge in [0.1, 0.15) is 0 Å². The van der Waals surface area contributed by atoms with Crippen molar-refractivity contribution >= 4 is 43.1 Å². The summed E-state index contributed by atoms with van der Waals surface area (Å²) in [7, 11) is -2.75. The molecule has 1 unspecified atom stereocenters. The fourth-order valence-corrected chi connectivity index (χ4v) is 9.57. The van der Waals surface area contributed by atoms with E-state index < -0.39 is 20.0 Å². The number of nitrogens with one attached hydrogen (secondary N) is 2. The summed E-state index contributed by atoms with van der Waals surface area (Å²) in [5.41, 5.74) is 1.57. The molecule has 0 aromatic heterocycles. The summed E-state index contributed by atoms with van der Waals surface area (Å²) in [5, 5.41) is 16.5. The number of carbonyl (C=O) groups excluding carboxylic acids is 2. The Kier molecular flexibility index (Phi) is 7.94. The van der Waals surface area contributed by atoms with Crippen LogP contribution in [0, 0.1) is 11.8 Å². The minimum absolute atomic E-state index is 0.0205. The highest BCUT2D eigenvalue weighted by atomic mass is 35.5. The number of amides is 2. The first kappa shape index (κ1) is 28.3. The standard InChI is InChI=1S/C29H38ClN3O5Si/c1-18-26(39(2,3)37)25(12-14-34)38-29(18)23-15-21(30)8-11-24(23)33(28(29)36)17-19-6-9-22(10-7-19)32-27(35)20-5-4-13-31-16-20/h6-11,15,18,20,25-26,31,34,37H,4-5,12-14,16-17H2,1-3H3,(H,32,35)/t18-,20?,25+,26-,29+/m0/s1. The predicted molar refractivity (Wildman–Crippen MR) is 154 cm³/mol. The summed E-state index contributed by atoms with van der Waals surface area (Å²) in [6.07, 6.45) is 1.79. The average Bonchev–Trinajstić information content (AvgIpc) is 3.32. The molecule has 0 aliphatic carbocycles. The number of ether oxygens (including phenoxy) is 1. The van der Waals surface area contributed by atoms with E-state index in [0.29, 0.717) is 30.1 Å². The number of carbonyl (C=O) groups is 2. The molecule has 3 heterocycles. The molecule has 39 heavy (non-hydrogen) atoms. The zero-order valence-electron chi connectivity index (χ0n) is 22.7. The Morgan fingerprint density at radius 3 is 2.64 bits per heavy atom. The van der Waals surface area contributed by atoms with Crippen LogP contribution in [-0.2, 0) is 26.5 Å². The minimum Gasteiger partial charge on any atom is -0.432 e. The highest BCUT2D eigenvalue weighted by molar-refractivity contribution is 6.71. The second-order valence-electron chi connectivity index (χ2n) is 11.7. The first-order chi connectivity index (χ1) is 18.6. The molecule has 2 saturated heterocycles. The Morgan fingerprint density at radius 2 is 2.00 bits per heavy atom. The van der Waals surface area contributed by atoms with E-state index in [9.17, 15) is 19.5 Å². The van der Waals surface area contributed by atoms with Crippen molar-refractivity contribution in [3.63, 3.8) is 0 Å². The number of halogens is 1. The Bertz CT molecular complexity index is 1230. The summed E-state index contributed by atoms with van der Waals surface area (Å²) in [5.74, 6) is -0.494. The molecule has 0 saturated carbocycles. The summed E-state index contributed by atoms with van der Waals surface area (Å²) < 4.78 is 6.60. The van der Waals surface area contributed by atoms with Gasteiger partial charge < -0.3 is 30.2 Å². The van der Waals surface area contributed by atoms with Crippen LogP contribution in [0.5, 0.6) is 0 Å². The molecule has 2 fully saturated rings. The number of piperidine rings is 1. The van der Waals surface area contributed by atoms with Gasteiger partial charge in [0.15, 0.2) is 13.9 Å². The molecule has 2 aromatic rings. The SMILES string of the molecule is C[C@H]1[C@H]([Si](C)(C)O)[C@@H](CCO)O[C@]12C(=O)N(Cc1ccc(NC(=O)C3CCCNC3)cc1)c1ccc(Cl)cc12. The van der Waals surface area contributed by atoms with Gasteiger partial charge in [-0.05, 0) is 74.8 Å². The Hall–Kier alpha value is -2.27. The van der Waals surface area contributed by atoms with E-state index in [-0.39, 0.29) is 35.8 Å². The van der Waals surface area contributed by atoms with Crippen LogP contribution in [0.4, 0.5) is 11.4 Å². The number of aliphatic hydroxyl groups is 1. The van der Waals surface area contributed by atoms with E-state index in [1.165, 1.54) is 0 Å². The smallest absolute Gasteiger partial charge is 0.264 e. The molecule has 10 heteroatoms. The van der Waals surface area contributed by atoms with Crippen molar-refractivity contribution in [3.8, 4) is 0 Å². The number of rotatable bonds is 7. The molecule has 8 nitrogen and oxygen atoms in total. The number of fused-ring (bicyclic) bond motifs is 2. The minimum atomic E-state index is -2.75. The fraction of sp³-hybridized carbons (Fsp3) is 0.517. The van der Waals surface area contributed by atoms with E-state index in [2.05, 4.69) is 10.6 Å². The fourth-order valence-electron chi connectivity index (χ4n) is 6.80. The second-order valence-corrected chi connectivity index (χ2v) is 16.1. The van der Waals surface area contributed by atoms with Crippen LogP contribution < -0.4 is 15.5 Å². The third-order valence-electron chi connectivity index (χ3n) is 8.59. The predicted octanol–water partition coefficient (Wildman–Crippen LogP) is 4.01. The van der Waals surface area contributed by atoms with Crippen LogP contribution in [-0.4, -0.2) is 55.8 Å². The van der Waals surface area contributed by atoms with Crippen molar-refractivity contribution in [1.29, 1.82) is 0 Å². The molecule has 3 aliphatic heterocycles. The topological polar surface area (TPSA) is 111 Å². The largest absolute Gasteiger partial charge is 0.432 e. The summed E-state index contributed by atoms with van der Waals surface area (Å²) in [6.45, 7) is 7.58. The lowest BCUT2D eigenvalue weighted by Crippen LogP contribution is -2.46. The van der Waals surface area contributed by atoms with E-state index in [4.69, 9.17) is 16.3 Å². The maximum absolute atomic E-state index is 14.3. The van der Waals surface area contributed by atoms with Crippen molar-refractivity contribution in [1.82, 2.24) is 5.32 Å². The van der Waals surface area contributed by atoms with Crippen molar-refractivity contribution in [2.45, 2.75) is 63.1 Å². The van der Waals surface area contributed by atoms with E-state index in [1.807, 2.05) is 50.3 Å². The van der Waals surface area contributed by atoms with Crippen LogP contribution in [0.15, 0.2) is 42.5 Å². The Balaban J connectivity index is 1.41. The molecule has 2 aromatic carbocycles. The number of benzene rings is 2. The number of anilines is 2. The van der Waals surface area contributed by atoms with Crippen LogP contribution in [0.25, 0.3) is 0 Å². The maximum Gasteiger partial charge on any atom is 0.264 e. The van der Waals surface area contributed by atoms with Crippen LogP contribution in [0.2, 0.25) is 23.7 Å². The molecule has 0 radical (unpaired) electrons. The molecule has 210 valence electrons. The van der Waals surface area contributed by atoms with Crippen LogP contribution >= 0.6 is 11.6 Å². The highest BCUT2D eigenvalue weighted by Crippen LogP contribution is 2.60. The Morgan fingerprint density at radius 1 is 1.26 bits per heavy atom. The number of nitrogens with zero attached hydrogens (tertiary/aromatic N) is 1. The average molecular weight is 572 g/mol. The first-order valence-corrected chi connectivity index (χ1v) is 17.2. The third-order valence-corrected chi connectivity index (χ3v) is 11.3. The van der Waals surface area contributed by atoms with Gasteiger partial charge in [0, 0.05) is 40.9 Å². The number of hydrogen-bond donors (Lipinski definition) is 4. The van der Waals surface area contributed by atoms with Crippen LogP contribution in [0.3, 0.4) is 0 Å². The quantitative estimate of drug-likeness (QED) is 0.374. The van der Waals surface area contributed by atoms with E-state index >= 15 is 0 Å². The van der Waals surface area contributed by atoms with Crippen molar-refractivity contribution in [3.05, 3.63) is 58.6 Å². The van der Waals surface area contributed by atoms with Gasteiger partial charge in [-0.3, -0.25) is 9.59 Å². The van der Waals surface area contributed by atoms with Crippen LogP contribution in [0.1, 0.15) is 37.3 Å². The van der Waals surface area contributed by atoms with Gasteiger partial charge in [0.05, 0.1) is 24.3 Å². The summed E-state index contributed by atoms with van der Waals surface area (Å²) in [6, 6.07) is 13.0. The van der Waals surface area contributed by atoms with Gasteiger partial charge in [-0.2, -0.15) is 0 Å². The number of hydrogen-bond acceptors (Lipinski definition) is 6. The normalized spacial score (nSPS) is 28.7. The van der Waals surface area contributed by atoms with E-state index in [1.54, 1.807) is 17.0 Å². The molecule has 1 spiro atoms. The van der Waals surface area contributed by atoms with Crippen molar-refractivity contribution in [2.24, 2.45) is 11.8 Å². The van der Waals surface area contributed by atoms with Gasteiger partial charge in [-0.25, -0.2) is 0 Å². The van der Waals surface area contributed by atoms with Gasteiger partial charge in [-0.1, -0.05) is 30.7 Å². The first-order valence-electron chi connectivity index (χ1n) is 13.8. The molecule has 5 atom stereocenters. The molecule has 4 N–H and O–H groups in total. The molecule has 5 rings (SSSR count). The summed E-state index contributed by atoms with van der Waals surface area (Å²) in [4.78, 5) is 39.8. The lowest BCUT2D eigenvalue weighted by molar-refractivity contribution is -0.146. The number of aliphatic hydroxyl groups excluding tert-OH is 1. The van der Waals surface area contributed by atoms with Crippen molar-refractivity contribution < 1.29 is 24.2 Å². The molecule has 0 bridgehead atoms. The zero-order valence-corrected chi connectivity index (χ0v) is 24.5. The maximum atomic E-state index is 14.3. The molecular formula is C29H38ClN3O5Si. The monoisotopic (exact) mass is 571 g/mol. The van der Waals surface area contributed by atoms with Gasteiger partial charge in [0.25, 0.3) is 5.91 Å². The lowest BCUT2D eigenvalue weighted by Gasteiger charge is -2.32. The molecular weight excluding hydrogens is 534 g/mol. The molecule has 3 aliphatic rings. The third kappa shape index (κ3) is 5.16. The summed E-state index contributed by atoms with van der Waals surface area (Å²) >= 11 is 6.42. The second kappa shape index (κ2) is 11.0. The van der Waals surface area contributed by atoms with Gasteiger partial charge in [-0.15, -0.1) is 0 Å².